The van der Waals surface area contributed by atoms with Crippen LogP contribution in [0.1, 0.15) is 36.9 Å². The van der Waals surface area contributed by atoms with Crippen molar-refractivity contribution in [2.24, 2.45) is 0 Å². The second-order valence-corrected chi connectivity index (χ2v) is 6.12. The van der Waals surface area contributed by atoms with Gasteiger partial charge in [-0.2, -0.15) is 0 Å². The van der Waals surface area contributed by atoms with Gasteiger partial charge in [-0.3, -0.25) is 4.79 Å². The van der Waals surface area contributed by atoms with E-state index in [0.29, 0.717) is 5.69 Å². The van der Waals surface area contributed by atoms with Crippen LogP contribution in [0, 0.1) is 5.82 Å². The summed E-state index contributed by atoms with van der Waals surface area (Å²) in [5, 5.41) is 8.06. The van der Waals surface area contributed by atoms with E-state index in [2.05, 4.69) is 22.0 Å². The van der Waals surface area contributed by atoms with E-state index in [0.717, 1.165) is 24.8 Å². The van der Waals surface area contributed by atoms with Crippen molar-refractivity contribution in [3.8, 4) is 0 Å². The molecule has 0 heterocycles. The Labute approximate surface area is 145 Å². The Bertz CT molecular complexity index is 807. The molecule has 5 nitrogen and oxygen atoms in total. The minimum atomic E-state index is -0.553. The lowest BCUT2D eigenvalue weighted by Gasteiger charge is -2.26. The lowest BCUT2D eigenvalue weighted by atomic mass is 9.88. The molecule has 0 saturated heterocycles. The van der Waals surface area contributed by atoms with Crippen molar-refractivity contribution >= 4 is 23.3 Å². The zero-order chi connectivity index (χ0) is 17.8. The van der Waals surface area contributed by atoms with Gasteiger partial charge in [0, 0.05) is 12.6 Å². The summed E-state index contributed by atoms with van der Waals surface area (Å²) >= 11 is 0. The van der Waals surface area contributed by atoms with Crippen LogP contribution in [0.2, 0.25) is 0 Å². The molecule has 0 radical (unpaired) electrons. The molecule has 0 spiro atoms. The van der Waals surface area contributed by atoms with E-state index in [1.807, 2.05) is 18.2 Å². The van der Waals surface area contributed by atoms with Gasteiger partial charge in [-0.15, -0.1) is 0 Å². The third-order valence-electron chi connectivity index (χ3n) is 4.21. The molecular formula is C19H20FN3O2. The first kappa shape index (κ1) is 17.0. The van der Waals surface area contributed by atoms with Crippen LogP contribution in [0.25, 0.3) is 0 Å². The molecule has 2 aromatic rings. The molecule has 1 atom stereocenters. The largest absolute Gasteiger partial charge is 0.331 e. The van der Waals surface area contributed by atoms with E-state index in [-0.39, 0.29) is 23.7 Å². The molecule has 0 fully saturated rings. The first-order chi connectivity index (χ1) is 12.0. The van der Waals surface area contributed by atoms with Crippen LogP contribution in [0.3, 0.4) is 0 Å². The second-order valence-electron chi connectivity index (χ2n) is 6.12. The molecule has 25 heavy (non-hydrogen) atoms. The zero-order valence-corrected chi connectivity index (χ0v) is 13.9. The van der Waals surface area contributed by atoms with Crippen molar-refractivity contribution in [1.82, 2.24) is 5.32 Å². The van der Waals surface area contributed by atoms with Crippen molar-refractivity contribution in [3.63, 3.8) is 0 Å². The molecule has 0 saturated carbocycles. The Kier molecular flexibility index (Phi) is 4.97. The highest BCUT2D eigenvalue weighted by Crippen LogP contribution is 2.29. The van der Waals surface area contributed by atoms with E-state index < -0.39 is 5.82 Å². The predicted octanol–water partition coefficient (Wildman–Crippen LogP) is 3.98. The van der Waals surface area contributed by atoms with Crippen LogP contribution in [0.4, 0.5) is 20.6 Å². The van der Waals surface area contributed by atoms with E-state index >= 15 is 0 Å². The van der Waals surface area contributed by atoms with E-state index in [1.54, 1.807) is 0 Å². The summed E-state index contributed by atoms with van der Waals surface area (Å²) in [7, 11) is 0. The van der Waals surface area contributed by atoms with Crippen LogP contribution in [0.5, 0.6) is 0 Å². The fraction of sp³-hybridized carbons (Fsp3) is 0.263. The maximum atomic E-state index is 13.7. The molecule has 6 heteroatoms. The molecule has 2 aromatic carbocycles. The zero-order valence-electron chi connectivity index (χ0n) is 13.9. The highest BCUT2D eigenvalue weighted by Gasteiger charge is 2.21. The summed E-state index contributed by atoms with van der Waals surface area (Å²) in [6, 6.07) is 11.7. The molecule has 3 rings (SSSR count). The Morgan fingerprint density at radius 1 is 1.12 bits per heavy atom. The van der Waals surface area contributed by atoms with Crippen LogP contribution >= 0.6 is 0 Å². The standard InChI is InChI=1S/C19H20FN3O2/c1-12(24)21-18-11-14(9-10-16(18)20)22-19(25)23-17-8-4-6-13-5-2-3-7-15(13)17/h2-3,5,7,9-11,17H,4,6,8H2,1H3,(H,21,24)(H2,22,23,25)/t17-/m0/s1. The van der Waals surface area contributed by atoms with Gasteiger partial charge in [0.1, 0.15) is 5.82 Å². The molecule has 0 unspecified atom stereocenters. The number of carbonyl (C=O) groups is 2. The van der Waals surface area contributed by atoms with E-state index in [9.17, 15) is 14.0 Å². The molecule has 3 amide bonds. The third kappa shape index (κ3) is 4.15. The number of fused-ring (bicyclic) bond motifs is 1. The van der Waals surface area contributed by atoms with Crippen LogP contribution in [-0.2, 0) is 11.2 Å². The number of carbonyl (C=O) groups excluding carboxylic acids is 2. The Morgan fingerprint density at radius 2 is 1.92 bits per heavy atom. The summed E-state index contributed by atoms with van der Waals surface area (Å²) in [6.45, 7) is 1.30. The van der Waals surface area contributed by atoms with Gasteiger partial charge >= 0.3 is 6.03 Å². The fourth-order valence-electron chi connectivity index (χ4n) is 3.12. The maximum absolute atomic E-state index is 13.7. The van der Waals surface area contributed by atoms with Gasteiger partial charge < -0.3 is 16.0 Å². The summed E-state index contributed by atoms with van der Waals surface area (Å²) in [5.74, 6) is -0.929. The number of urea groups is 1. The van der Waals surface area contributed by atoms with Gasteiger partial charge in [-0.1, -0.05) is 24.3 Å². The lowest BCUT2D eigenvalue weighted by Crippen LogP contribution is -2.34. The van der Waals surface area contributed by atoms with Gasteiger partial charge in [0.25, 0.3) is 0 Å². The number of amides is 3. The SMILES string of the molecule is CC(=O)Nc1cc(NC(=O)N[C@H]2CCCc3ccccc32)ccc1F. The predicted molar refractivity (Wildman–Crippen MR) is 95.0 cm³/mol. The first-order valence-electron chi connectivity index (χ1n) is 8.25. The molecule has 0 aromatic heterocycles. The molecule has 0 aliphatic heterocycles. The molecule has 130 valence electrons. The quantitative estimate of drug-likeness (QED) is 0.790. The van der Waals surface area contributed by atoms with Gasteiger partial charge in [0.05, 0.1) is 11.7 Å². The van der Waals surface area contributed by atoms with Crippen LogP contribution in [-0.4, -0.2) is 11.9 Å². The van der Waals surface area contributed by atoms with E-state index in [1.165, 1.54) is 30.7 Å². The average Bonchev–Trinajstić information content (AvgIpc) is 2.58. The van der Waals surface area contributed by atoms with Crippen LogP contribution < -0.4 is 16.0 Å². The molecule has 1 aliphatic carbocycles. The normalized spacial score (nSPS) is 15.8. The fourth-order valence-corrected chi connectivity index (χ4v) is 3.12. The number of hydrogen-bond donors (Lipinski definition) is 3. The average molecular weight is 341 g/mol. The Balaban J connectivity index is 1.68. The number of benzene rings is 2. The lowest BCUT2D eigenvalue weighted by molar-refractivity contribution is -0.114. The van der Waals surface area contributed by atoms with Gasteiger partial charge in [-0.05, 0) is 48.6 Å². The van der Waals surface area contributed by atoms with Gasteiger partial charge in [-0.25, -0.2) is 9.18 Å². The summed E-state index contributed by atoms with van der Waals surface area (Å²) in [4.78, 5) is 23.4. The second kappa shape index (κ2) is 7.34. The number of aryl methyl sites for hydroxylation is 1. The Morgan fingerprint density at radius 3 is 2.72 bits per heavy atom. The Hall–Kier alpha value is -2.89. The molecular weight excluding hydrogens is 321 g/mol. The molecule has 0 bridgehead atoms. The summed E-state index contributed by atoms with van der Waals surface area (Å²) < 4.78 is 13.7. The maximum Gasteiger partial charge on any atom is 0.319 e. The smallest absolute Gasteiger partial charge is 0.319 e. The topological polar surface area (TPSA) is 70.2 Å². The van der Waals surface area contributed by atoms with Crippen molar-refractivity contribution < 1.29 is 14.0 Å². The molecule has 3 N–H and O–H groups in total. The van der Waals surface area contributed by atoms with Gasteiger partial charge in [0.2, 0.25) is 5.91 Å². The number of rotatable bonds is 3. The molecule has 1 aliphatic rings. The highest BCUT2D eigenvalue weighted by atomic mass is 19.1. The minimum absolute atomic E-state index is 0.0355. The van der Waals surface area contributed by atoms with Crippen molar-refractivity contribution in [1.29, 1.82) is 0 Å². The number of hydrogen-bond acceptors (Lipinski definition) is 2. The third-order valence-corrected chi connectivity index (χ3v) is 4.21. The highest BCUT2D eigenvalue weighted by molar-refractivity contribution is 5.92. The monoisotopic (exact) mass is 341 g/mol. The van der Waals surface area contributed by atoms with Crippen molar-refractivity contribution in [2.75, 3.05) is 10.6 Å². The van der Waals surface area contributed by atoms with Crippen molar-refractivity contribution in [3.05, 3.63) is 59.4 Å². The van der Waals surface area contributed by atoms with Crippen molar-refractivity contribution in [2.45, 2.75) is 32.2 Å². The van der Waals surface area contributed by atoms with E-state index in [4.69, 9.17) is 0 Å². The first-order valence-corrected chi connectivity index (χ1v) is 8.25. The number of nitrogens with one attached hydrogen (secondary N) is 3. The number of anilines is 2. The summed E-state index contributed by atoms with van der Waals surface area (Å²) in [5.41, 5.74) is 2.84. The summed E-state index contributed by atoms with van der Waals surface area (Å²) in [6.07, 6.45) is 2.92. The van der Waals surface area contributed by atoms with Gasteiger partial charge in [0.15, 0.2) is 0 Å². The minimum Gasteiger partial charge on any atom is -0.331 e. The van der Waals surface area contributed by atoms with Crippen LogP contribution in [0.15, 0.2) is 42.5 Å². The number of halogens is 1.